The number of aryl methyl sites for hydroxylation is 2. The van der Waals surface area contributed by atoms with Gasteiger partial charge in [-0.3, -0.25) is 0 Å². The summed E-state index contributed by atoms with van der Waals surface area (Å²) < 4.78 is 5.22. The van der Waals surface area contributed by atoms with Gasteiger partial charge in [0.2, 0.25) is 0 Å². The molecule has 0 fully saturated rings. The third kappa shape index (κ3) is 2.35. The molecule has 0 saturated carbocycles. The highest BCUT2D eigenvalue weighted by atomic mass is 32.1. The molecule has 0 radical (unpaired) electrons. The highest BCUT2D eigenvalue weighted by Crippen LogP contribution is 2.31. The van der Waals surface area contributed by atoms with Crippen molar-refractivity contribution in [3.05, 3.63) is 51.2 Å². The van der Waals surface area contributed by atoms with E-state index in [2.05, 4.69) is 0 Å². The second-order valence-corrected chi connectivity index (χ2v) is 5.05. The van der Waals surface area contributed by atoms with E-state index in [1.807, 2.05) is 43.5 Å². The molecular weight excluding hydrogens is 232 g/mol. The zero-order valence-electron chi connectivity index (χ0n) is 10.2. The van der Waals surface area contributed by atoms with Gasteiger partial charge < -0.3 is 9.84 Å². The van der Waals surface area contributed by atoms with Crippen molar-refractivity contribution in [2.45, 2.75) is 20.0 Å². The molecule has 90 valence electrons. The number of hydrogen-bond donors (Lipinski definition) is 1. The Balaban J connectivity index is 2.35. The van der Waals surface area contributed by atoms with Crippen molar-refractivity contribution in [2.75, 3.05) is 7.11 Å². The topological polar surface area (TPSA) is 29.5 Å². The Morgan fingerprint density at radius 2 is 1.94 bits per heavy atom. The monoisotopic (exact) mass is 248 g/mol. The van der Waals surface area contributed by atoms with Crippen LogP contribution in [0.5, 0.6) is 5.75 Å². The first-order valence-corrected chi connectivity index (χ1v) is 6.38. The van der Waals surface area contributed by atoms with Crippen molar-refractivity contribution >= 4 is 11.3 Å². The van der Waals surface area contributed by atoms with E-state index < -0.39 is 6.10 Å². The van der Waals surface area contributed by atoms with Gasteiger partial charge in [-0.25, -0.2) is 0 Å². The number of hydrogen-bond acceptors (Lipinski definition) is 3. The number of rotatable bonds is 3. The number of methoxy groups -OCH3 is 1. The van der Waals surface area contributed by atoms with Crippen LogP contribution in [-0.4, -0.2) is 12.2 Å². The number of benzene rings is 1. The van der Waals surface area contributed by atoms with Crippen LogP contribution in [0.1, 0.15) is 27.7 Å². The molecule has 3 heteroatoms. The quantitative estimate of drug-likeness (QED) is 0.901. The molecular formula is C14H16O2S. The summed E-state index contributed by atoms with van der Waals surface area (Å²) in [6.45, 7) is 4.00. The number of thiophene rings is 1. The van der Waals surface area contributed by atoms with Crippen molar-refractivity contribution in [3.8, 4) is 5.75 Å². The lowest BCUT2D eigenvalue weighted by molar-refractivity contribution is 0.223. The lowest BCUT2D eigenvalue weighted by Crippen LogP contribution is -2.00. The van der Waals surface area contributed by atoms with Crippen LogP contribution < -0.4 is 4.74 Å². The first-order chi connectivity index (χ1) is 8.13. The molecule has 0 aliphatic rings. The summed E-state index contributed by atoms with van der Waals surface area (Å²) in [5.41, 5.74) is 3.09. The van der Waals surface area contributed by atoms with E-state index in [0.29, 0.717) is 0 Å². The van der Waals surface area contributed by atoms with Crippen molar-refractivity contribution in [2.24, 2.45) is 0 Å². The lowest BCUT2D eigenvalue weighted by Gasteiger charge is -2.13. The van der Waals surface area contributed by atoms with Gasteiger partial charge in [0.15, 0.2) is 0 Å². The molecule has 0 saturated heterocycles. The van der Waals surface area contributed by atoms with Gasteiger partial charge in [-0.05, 0) is 54.1 Å². The highest BCUT2D eigenvalue weighted by Gasteiger charge is 2.15. The molecule has 1 N–H and O–H groups in total. The number of ether oxygens (including phenoxy) is 1. The van der Waals surface area contributed by atoms with Crippen molar-refractivity contribution in [3.63, 3.8) is 0 Å². The smallest absolute Gasteiger partial charge is 0.121 e. The molecule has 1 heterocycles. The Morgan fingerprint density at radius 1 is 1.18 bits per heavy atom. The van der Waals surface area contributed by atoms with Crippen LogP contribution in [0.4, 0.5) is 0 Å². The molecule has 17 heavy (non-hydrogen) atoms. The maximum atomic E-state index is 10.3. The fourth-order valence-corrected chi connectivity index (χ4v) is 2.83. The second-order valence-electron chi connectivity index (χ2n) is 4.10. The molecule has 2 rings (SSSR count). The third-order valence-corrected chi connectivity index (χ3v) is 3.96. The van der Waals surface area contributed by atoms with Gasteiger partial charge in [-0.15, -0.1) is 11.3 Å². The van der Waals surface area contributed by atoms with Crippen LogP contribution in [0, 0.1) is 13.8 Å². The number of aliphatic hydroxyl groups excluding tert-OH is 1. The van der Waals surface area contributed by atoms with Crippen LogP contribution in [0.3, 0.4) is 0 Å². The second kappa shape index (κ2) is 4.90. The maximum absolute atomic E-state index is 10.3. The van der Waals surface area contributed by atoms with Gasteiger partial charge in [-0.2, -0.15) is 0 Å². The molecule has 0 spiro atoms. The van der Waals surface area contributed by atoms with Crippen LogP contribution >= 0.6 is 11.3 Å². The Bertz CT molecular complexity index is 517. The minimum Gasteiger partial charge on any atom is -0.496 e. The van der Waals surface area contributed by atoms with Crippen LogP contribution in [-0.2, 0) is 0 Å². The molecule has 0 amide bonds. The Morgan fingerprint density at radius 3 is 2.47 bits per heavy atom. The van der Waals surface area contributed by atoms with Gasteiger partial charge in [0.1, 0.15) is 11.9 Å². The molecule has 0 bridgehead atoms. The zero-order valence-corrected chi connectivity index (χ0v) is 11.0. The van der Waals surface area contributed by atoms with E-state index in [1.54, 1.807) is 18.4 Å². The third-order valence-electron chi connectivity index (χ3n) is 2.88. The van der Waals surface area contributed by atoms with Crippen molar-refractivity contribution in [1.29, 1.82) is 0 Å². The minimum atomic E-state index is -0.542. The standard InChI is InChI=1S/C14H16O2S/c1-9-6-7-17-14(9)13(15)11-4-5-12(16-3)10(2)8-11/h4-8,13,15H,1-3H3. The Labute approximate surface area is 105 Å². The fraction of sp³-hybridized carbons (Fsp3) is 0.286. The SMILES string of the molecule is COc1ccc(C(O)c2sccc2C)cc1C. The average Bonchev–Trinajstić information content (AvgIpc) is 2.74. The van der Waals surface area contributed by atoms with E-state index in [1.165, 1.54) is 0 Å². The van der Waals surface area contributed by atoms with E-state index in [4.69, 9.17) is 4.74 Å². The molecule has 1 unspecified atom stereocenters. The molecule has 2 nitrogen and oxygen atoms in total. The molecule has 0 aliphatic carbocycles. The van der Waals surface area contributed by atoms with Gasteiger partial charge >= 0.3 is 0 Å². The predicted octanol–water partition coefficient (Wildman–Crippen LogP) is 3.46. The fourth-order valence-electron chi connectivity index (χ4n) is 1.89. The van der Waals surface area contributed by atoms with E-state index in [0.717, 1.165) is 27.3 Å². The Kier molecular flexibility index (Phi) is 3.50. The Hall–Kier alpha value is -1.32. The summed E-state index contributed by atoms with van der Waals surface area (Å²) in [5, 5.41) is 12.3. The zero-order chi connectivity index (χ0) is 12.4. The van der Waals surface area contributed by atoms with Crippen molar-refractivity contribution in [1.82, 2.24) is 0 Å². The largest absolute Gasteiger partial charge is 0.496 e. The molecule has 2 aromatic rings. The summed E-state index contributed by atoms with van der Waals surface area (Å²) in [6.07, 6.45) is -0.542. The minimum absolute atomic E-state index is 0.542. The maximum Gasteiger partial charge on any atom is 0.121 e. The van der Waals surface area contributed by atoms with E-state index >= 15 is 0 Å². The average molecular weight is 248 g/mol. The summed E-state index contributed by atoms with van der Waals surface area (Å²) in [5.74, 6) is 0.851. The first-order valence-electron chi connectivity index (χ1n) is 5.50. The first kappa shape index (κ1) is 12.1. The van der Waals surface area contributed by atoms with Crippen LogP contribution in [0.2, 0.25) is 0 Å². The molecule has 1 aromatic carbocycles. The van der Waals surface area contributed by atoms with Crippen molar-refractivity contribution < 1.29 is 9.84 Å². The van der Waals surface area contributed by atoms with Crippen LogP contribution in [0.15, 0.2) is 29.6 Å². The normalized spacial score (nSPS) is 12.5. The van der Waals surface area contributed by atoms with E-state index in [-0.39, 0.29) is 0 Å². The summed E-state index contributed by atoms with van der Waals surface area (Å²) >= 11 is 1.59. The lowest BCUT2D eigenvalue weighted by atomic mass is 10.0. The molecule has 1 atom stereocenters. The van der Waals surface area contributed by atoms with E-state index in [9.17, 15) is 5.11 Å². The molecule has 0 aliphatic heterocycles. The van der Waals surface area contributed by atoms with Gasteiger partial charge in [-0.1, -0.05) is 6.07 Å². The predicted molar refractivity (Wildman–Crippen MR) is 70.8 cm³/mol. The van der Waals surface area contributed by atoms with Gasteiger partial charge in [0.25, 0.3) is 0 Å². The van der Waals surface area contributed by atoms with Crippen LogP contribution in [0.25, 0.3) is 0 Å². The summed E-state index contributed by atoms with van der Waals surface area (Å²) in [4.78, 5) is 1.01. The number of aliphatic hydroxyl groups is 1. The van der Waals surface area contributed by atoms with Gasteiger partial charge in [0, 0.05) is 4.88 Å². The summed E-state index contributed by atoms with van der Waals surface area (Å²) in [6, 6.07) is 7.81. The molecule has 1 aromatic heterocycles. The van der Waals surface area contributed by atoms with Gasteiger partial charge in [0.05, 0.1) is 7.11 Å². The highest BCUT2D eigenvalue weighted by molar-refractivity contribution is 7.10. The summed E-state index contributed by atoms with van der Waals surface area (Å²) in [7, 11) is 1.65.